The summed E-state index contributed by atoms with van der Waals surface area (Å²) in [5.74, 6) is 13.3. The molecule has 0 N–H and O–H groups in total. The van der Waals surface area contributed by atoms with Gasteiger partial charge in [0, 0.05) is 12.8 Å². The van der Waals surface area contributed by atoms with E-state index in [-0.39, 0.29) is 0 Å². The number of rotatable bonds is 8. The van der Waals surface area contributed by atoms with Crippen molar-refractivity contribution in [2.24, 2.45) is 0 Å². The average molecular weight is 338 g/mol. The fourth-order valence-electron chi connectivity index (χ4n) is 2.96. The predicted octanol–water partition coefficient (Wildman–Crippen LogP) is 6.49. The van der Waals surface area contributed by atoms with E-state index in [1.807, 2.05) is 24.3 Å². The topological polar surface area (TPSA) is 0 Å². The first-order chi connectivity index (χ1) is 12.8. The van der Waals surface area contributed by atoms with Gasteiger partial charge in [-0.15, -0.1) is 13.2 Å². The SMILES string of the molecule is C=CCC(CC#CC#CCC(CC=C)c1ccccc1)c1ccccc1. The highest BCUT2D eigenvalue weighted by Crippen LogP contribution is 2.24. The van der Waals surface area contributed by atoms with Crippen LogP contribution in [0.1, 0.15) is 48.6 Å². The molecule has 0 saturated carbocycles. The van der Waals surface area contributed by atoms with Crippen LogP contribution in [0.4, 0.5) is 0 Å². The Balaban J connectivity index is 1.94. The normalized spacial score (nSPS) is 11.8. The molecule has 130 valence electrons. The second kappa shape index (κ2) is 11.6. The van der Waals surface area contributed by atoms with Gasteiger partial charge in [-0.1, -0.05) is 84.7 Å². The van der Waals surface area contributed by atoms with Crippen LogP contribution in [-0.2, 0) is 0 Å². The molecular weight excluding hydrogens is 312 g/mol. The quantitative estimate of drug-likeness (QED) is 0.381. The minimum atomic E-state index is 0.390. The van der Waals surface area contributed by atoms with Crippen molar-refractivity contribution >= 4 is 0 Å². The van der Waals surface area contributed by atoms with Gasteiger partial charge in [0.1, 0.15) is 0 Å². The molecule has 0 aliphatic heterocycles. The van der Waals surface area contributed by atoms with Gasteiger partial charge in [-0.3, -0.25) is 0 Å². The Labute approximate surface area is 158 Å². The summed E-state index contributed by atoms with van der Waals surface area (Å²) in [5, 5.41) is 0. The minimum absolute atomic E-state index is 0.390. The molecule has 0 nitrogen and oxygen atoms in total. The summed E-state index contributed by atoms with van der Waals surface area (Å²) >= 11 is 0. The predicted molar refractivity (Wildman–Crippen MR) is 113 cm³/mol. The molecule has 2 unspecified atom stereocenters. The van der Waals surface area contributed by atoms with E-state index in [4.69, 9.17) is 0 Å². The number of benzene rings is 2. The average Bonchev–Trinajstić information content (AvgIpc) is 2.70. The standard InChI is InChI=1S/C26H26/c1-3-15-23(25-19-11-7-12-20-25)17-9-5-6-10-18-24(16-4-2)26-21-13-8-14-22-26/h3-4,7-8,11-14,19-24H,1-2,15-18H2. The van der Waals surface area contributed by atoms with Gasteiger partial charge in [0.15, 0.2) is 0 Å². The molecule has 0 saturated heterocycles. The van der Waals surface area contributed by atoms with Gasteiger partial charge in [0.25, 0.3) is 0 Å². The molecule has 0 bridgehead atoms. The van der Waals surface area contributed by atoms with Crippen molar-refractivity contribution in [3.05, 3.63) is 97.1 Å². The number of hydrogen-bond donors (Lipinski definition) is 0. The van der Waals surface area contributed by atoms with Gasteiger partial charge in [0.05, 0.1) is 0 Å². The first-order valence-corrected chi connectivity index (χ1v) is 9.12. The lowest BCUT2D eigenvalue weighted by Gasteiger charge is -2.11. The summed E-state index contributed by atoms with van der Waals surface area (Å²) in [7, 11) is 0. The zero-order valence-electron chi connectivity index (χ0n) is 15.3. The van der Waals surface area contributed by atoms with Crippen molar-refractivity contribution in [1.82, 2.24) is 0 Å². The molecule has 0 heteroatoms. The van der Waals surface area contributed by atoms with Crippen LogP contribution in [0, 0.1) is 23.7 Å². The van der Waals surface area contributed by atoms with E-state index in [0.717, 1.165) is 25.7 Å². The van der Waals surface area contributed by atoms with E-state index in [0.29, 0.717) is 11.8 Å². The van der Waals surface area contributed by atoms with Crippen LogP contribution in [-0.4, -0.2) is 0 Å². The Kier molecular flexibility index (Phi) is 8.62. The summed E-state index contributed by atoms with van der Waals surface area (Å²) in [6.45, 7) is 7.73. The highest BCUT2D eigenvalue weighted by atomic mass is 14.1. The van der Waals surface area contributed by atoms with Gasteiger partial charge in [-0.25, -0.2) is 0 Å². The Morgan fingerprint density at radius 2 is 1.04 bits per heavy atom. The van der Waals surface area contributed by atoms with E-state index < -0.39 is 0 Å². The van der Waals surface area contributed by atoms with Gasteiger partial charge in [0.2, 0.25) is 0 Å². The summed E-state index contributed by atoms with van der Waals surface area (Å²) in [4.78, 5) is 0. The maximum atomic E-state index is 3.87. The van der Waals surface area contributed by atoms with E-state index >= 15 is 0 Å². The molecule has 2 atom stereocenters. The fourth-order valence-corrected chi connectivity index (χ4v) is 2.96. The Morgan fingerprint density at radius 3 is 1.38 bits per heavy atom. The van der Waals surface area contributed by atoms with Crippen LogP contribution in [0.5, 0.6) is 0 Å². The first-order valence-electron chi connectivity index (χ1n) is 9.12. The molecule has 0 heterocycles. The lowest BCUT2D eigenvalue weighted by Crippen LogP contribution is -1.96. The third-order valence-electron chi connectivity index (χ3n) is 4.38. The molecule has 2 rings (SSSR count). The largest absolute Gasteiger partial charge is 0.103 e. The summed E-state index contributed by atoms with van der Waals surface area (Å²) in [6, 6.07) is 21.0. The monoisotopic (exact) mass is 338 g/mol. The van der Waals surface area contributed by atoms with Crippen molar-refractivity contribution < 1.29 is 0 Å². The summed E-state index contributed by atoms with van der Waals surface area (Å²) in [6.07, 6.45) is 7.40. The summed E-state index contributed by atoms with van der Waals surface area (Å²) < 4.78 is 0. The van der Waals surface area contributed by atoms with Crippen molar-refractivity contribution in [3.8, 4) is 23.7 Å². The molecule has 0 aliphatic carbocycles. The molecule has 0 aromatic heterocycles. The molecular formula is C26H26. The molecule has 26 heavy (non-hydrogen) atoms. The first kappa shape index (κ1) is 19.4. The van der Waals surface area contributed by atoms with E-state index in [1.54, 1.807) is 0 Å². The molecule has 0 spiro atoms. The van der Waals surface area contributed by atoms with Crippen molar-refractivity contribution in [2.45, 2.75) is 37.5 Å². The molecule has 0 radical (unpaired) electrons. The highest BCUT2D eigenvalue weighted by molar-refractivity contribution is 5.30. The minimum Gasteiger partial charge on any atom is -0.103 e. The highest BCUT2D eigenvalue weighted by Gasteiger charge is 2.08. The Bertz CT molecular complexity index is 720. The fraction of sp³-hybridized carbons (Fsp3) is 0.231. The van der Waals surface area contributed by atoms with Crippen molar-refractivity contribution in [2.75, 3.05) is 0 Å². The van der Waals surface area contributed by atoms with Crippen LogP contribution in [0.25, 0.3) is 0 Å². The van der Waals surface area contributed by atoms with Gasteiger partial charge in [-0.05, 0) is 47.6 Å². The third-order valence-corrected chi connectivity index (χ3v) is 4.38. The van der Waals surface area contributed by atoms with Crippen LogP contribution in [0.3, 0.4) is 0 Å². The van der Waals surface area contributed by atoms with Crippen LogP contribution in [0.2, 0.25) is 0 Å². The summed E-state index contributed by atoms with van der Waals surface area (Å²) in [5.41, 5.74) is 2.62. The Morgan fingerprint density at radius 1 is 0.654 bits per heavy atom. The van der Waals surface area contributed by atoms with Gasteiger partial charge in [-0.2, -0.15) is 0 Å². The maximum absolute atomic E-state index is 3.87. The van der Waals surface area contributed by atoms with E-state index in [2.05, 4.69) is 85.4 Å². The number of hydrogen-bond acceptors (Lipinski definition) is 0. The molecule has 0 fully saturated rings. The zero-order valence-corrected chi connectivity index (χ0v) is 15.3. The van der Waals surface area contributed by atoms with Crippen LogP contribution < -0.4 is 0 Å². The lowest BCUT2D eigenvalue weighted by atomic mass is 9.92. The molecule has 2 aromatic rings. The van der Waals surface area contributed by atoms with Gasteiger partial charge >= 0.3 is 0 Å². The van der Waals surface area contributed by atoms with Crippen molar-refractivity contribution in [3.63, 3.8) is 0 Å². The van der Waals surface area contributed by atoms with Gasteiger partial charge < -0.3 is 0 Å². The smallest absolute Gasteiger partial charge is 0.0171 e. The third kappa shape index (κ3) is 6.51. The van der Waals surface area contributed by atoms with E-state index in [9.17, 15) is 0 Å². The Hall–Kier alpha value is -2.96. The van der Waals surface area contributed by atoms with Crippen LogP contribution in [0.15, 0.2) is 86.0 Å². The maximum Gasteiger partial charge on any atom is 0.0171 e. The van der Waals surface area contributed by atoms with Crippen molar-refractivity contribution in [1.29, 1.82) is 0 Å². The number of allylic oxidation sites excluding steroid dienone is 2. The zero-order chi connectivity index (χ0) is 18.5. The second-order valence-electron chi connectivity index (χ2n) is 6.28. The van der Waals surface area contributed by atoms with Crippen LogP contribution >= 0.6 is 0 Å². The lowest BCUT2D eigenvalue weighted by molar-refractivity contribution is 0.724. The second-order valence-corrected chi connectivity index (χ2v) is 6.28. The van der Waals surface area contributed by atoms with E-state index in [1.165, 1.54) is 11.1 Å². The molecule has 0 aliphatic rings. The molecule has 2 aromatic carbocycles. The molecule has 0 amide bonds.